The third kappa shape index (κ3) is 13.1. The molecule has 0 saturated heterocycles. The van der Waals surface area contributed by atoms with Crippen LogP contribution in [0.2, 0.25) is 0 Å². The first-order valence-corrected chi connectivity index (χ1v) is 12.0. The van der Waals surface area contributed by atoms with Gasteiger partial charge in [0, 0.05) is 6.42 Å². The highest BCUT2D eigenvalue weighted by molar-refractivity contribution is 5.81. The lowest BCUT2D eigenvalue weighted by molar-refractivity contribution is -0.156. The Labute approximate surface area is 208 Å². The number of carbonyl (C=O) groups excluding carboxylic acids is 5. The molecule has 10 nitrogen and oxygen atoms in total. The first-order valence-electron chi connectivity index (χ1n) is 12.0. The topological polar surface area (TPSA) is 132 Å². The van der Waals surface area contributed by atoms with Gasteiger partial charge in [0.2, 0.25) is 0 Å². The lowest BCUT2D eigenvalue weighted by Gasteiger charge is -2.29. The molecule has 0 amide bonds. The fourth-order valence-electron chi connectivity index (χ4n) is 4.22. The molecule has 0 aromatic heterocycles. The summed E-state index contributed by atoms with van der Waals surface area (Å²) in [5.41, 5.74) is 0. The fourth-order valence-corrected chi connectivity index (χ4v) is 4.22. The molecule has 4 unspecified atom stereocenters. The maximum atomic E-state index is 12.6. The number of methoxy groups -OCH3 is 5. The number of hydrogen-bond donors (Lipinski definition) is 0. The van der Waals surface area contributed by atoms with Crippen molar-refractivity contribution in [3.63, 3.8) is 0 Å². The molecule has 10 heteroatoms. The van der Waals surface area contributed by atoms with Crippen LogP contribution in [0.25, 0.3) is 0 Å². The van der Waals surface area contributed by atoms with Gasteiger partial charge in [-0.2, -0.15) is 0 Å². The van der Waals surface area contributed by atoms with E-state index in [1.807, 2.05) is 6.92 Å². The quantitative estimate of drug-likeness (QED) is 0.156. The minimum absolute atomic E-state index is 0.139. The van der Waals surface area contributed by atoms with E-state index in [-0.39, 0.29) is 30.6 Å². The van der Waals surface area contributed by atoms with Crippen molar-refractivity contribution in [2.45, 2.75) is 71.1 Å². The lowest BCUT2D eigenvalue weighted by atomic mass is 9.75. The van der Waals surface area contributed by atoms with Crippen molar-refractivity contribution >= 4 is 29.8 Å². The average Bonchev–Trinajstić information content (AvgIpc) is 2.87. The Morgan fingerprint density at radius 1 is 0.571 bits per heavy atom. The molecule has 0 aromatic rings. The number of ether oxygens (including phenoxy) is 5. The molecule has 0 aliphatic heterocycles. The van der Waals surface area contributed by atoms with E-state index in [2.05, 4.69) is 4.74 Å². The predicted octanol–water partition coefficient (Wildman–Crippen LogP) is 3.24. The third-order valence-corrected chi connectivity index (χ3v) is 6.35. The zero-order valence-corrected chi connectivity index (χ0v) is 22.0. The molecule has 0 aliphatic carbocycles. The van der Waals surface area contributed by atoms with Crippen LogP contribution >= 0.6 is 0 Å². The zero-order chi connectivity index (χ0) is 26.8. The summed E-state index contributed by atoms with van der Waals surface area (Å²) in [5, 5.41) is 0. The van der Waals surface area contributed by atoms with E-state index in [0.717, 1.165) is 32.1 Å². The second kappa shape index (κ2) is 18.6. The molecule has 35 heavy (non-hydrogen) atoms. The Balaban J connectivity index is 5.41. The van der Waals surface area contributed by atoms with E-state index in [1.165, 1.54) is 35.5 Å². The number of rotatable bonds is 18. The summed E-state index contributed by atoms with van der Waals surface area (Å²) in [5.74, 6) is -4.43. The largest absolute Gasteiger partial charge is 0.469 e. The predicted molar refractivity (Wildman–Crippen MR) is 126 cm³/mol. The van der Waals surface area contributed by atoms with Crippen LogP contribution in [0.3, 0.4) is 0 Å². The monoisotopic (exact) mass is 502 g/mol. The standard InChI is InChI=1S/C25H42O10/c1-17(19(24(29)34-5)15-22(27)32-3)14-18(20(25(30)35-6)16-23(28)33-4)12-10-8-7-9-11-13-21(26)31-2/h17-20H,7-16H2,1-6H3. The van der Waals surface area contributed by atoms with Gasteiger partial charge < -0.3 is 23.7 Å². The minimum atomic E-state index is -0.746. The molecule has 0 N–H and O–H groups in total. The van der Waals surface area contributed by atoms with Gasteiger partial charge in [0.1, 0.15) is 0 Å². The van der Waals surface area contributed by atoms with Gasteiger partial charge >= 0.3 is 29.8 Å². The summed E-state index contributed by atoms with van der Waals surface area (Å²) in [6.45, 7) is 1.82. The van der Waals surface area contributed by atoms with Gasteiger partial charge in [0.25, 0.3) is 0 Å². The van der Waals surface area contributed by atoms with E-state index >= 15 is 0 Å². The third-order valence-electron chi connectivity index (χ3n) is 6.35. The Morgan fingerprint density at radius 2 is 1.03 bits per heavy atom. The van der Waals surface area contributed by atoms with Crippen LogP contribution in [0, 0.1) is 23.7 Å². The minimum Gasteiger partial charge on any atom is -0.469 e. The van der Waals surface area contributed by atoms with Crippen molar-refractivity contribution in [1.29, 1.82) is 0 Å². The molecule has 0 rings (SSSR count). The Morgan fingerprint density at radius 3 is 1.54 bits per heavy atom. The highest BCUT2D eigenvalue weighted by atomic mass is 16.5. The summed E-state index contributed by atoms with van der Waals surface area (Å²) in [6, 6.07) is 0. The van der Waals surface area contributed by atoms with Crippen molar-refractivity contribution in [1.82, 2.24) is 0 Å². The summed E-state index contributed by atoms with van der Waals surface area (Å²) >= 11 is 0. The second-order valence-corrected chi connectivity index (χ2v) is 8.68. The number of esters is 5. The van der Waals surface area contributed by atoms with Crippen LogP contribution in [-0.4, -0.2) is 65.4 Å². The normalized spacial score (nSPS) is 14.1. The lowest BCUT2D eigenvalue weighted by Crippen LogP contribution is -2.33. The Bertz CT molecular complexity index is 675. The molecule has 0 aromatic carbocycles. The van der Waals surface area contributed by atoms with Gasteiger partial charge in [0.15, 0.2) is 0 Å². The van der Waals surface area contributed by atoms with E-state index in [1.54, 1.807) is 0 Å². The summed E-state index contributed by atoms with van der Waals surface area (Å²) in [4.78, 5) is 60.1. The van der Waals surface area contributed by atoms with E-state index < -0.39 is 35.7 Å². The number of hydrogen-bond acceptors (Lipinski definition) is 10. The molecular weight excluding hydrogens is 460 g/mol. The van der Waals surface area contributed by atoms with Crippen LogP contribution in [0.4, 0.5) is 0 Å². The maximum absolute atomic E-state index is 12.6. The molecule has 0 radical (unpaired) electrons. The summed E-state index contributed by atoms with van der Waals surface area (Å²) < 4.78 is 24.0. The molecule has 0 aliphatic rings. The molecule has 0 saturated carbocycles. The van der Waals surface area contributed by atoms with E-state index in [4.69, 9.17) is 18.9 Å². The Kier molecular flexibility index (Phi) is 17.2. The number of carbonyl (C=O) groups is 5. The van der Waals surface area contributed by atoms with Crippen LogP contribution in [-0.2, 0) is 47.7 Å². The highest BCUT2D eigenvalue weighted by Crippen LogP contribution is 2.34. The molecule has 0 bridgehead atoms. The average molecular weight is 503 g/mol. The van der Waals surface area contributed by atoms with Crippen LogP contribution in [0.5, 0.6) is 0 Å². The van der Waals surface area contributed by atoms with E-state index in [0.29, 0.717) is 19.3 Å². The second-order valence-electron chi connectivity index (χ2n) is 8.68. The first kappa shape index (κ1) is 32.4. The maximum Gasteiger partial charge on any atom is 0.309 e. The van der Waals surface area contributed by atoms with Gasteiger partial charge in [-0.25, -0.2) is 0 Å². The van der Waals surface area contributed by atoms with Crippen LogP contribution in [0.1, 0.15) is 71.1 Å². The zero-order valence-electron chi connectivity index (χ0n) is 22.0. The Hall–Kier alpha value is -2.65. The molecule has 0 fully saturated rings. The van der Waals surface area contributed by atoms with Gasteiger partial charge in [-0.1, -0.05) is 32.6 Å². The fraction of sp³-hybridized carbons (Fsp3) is 0.800. The van der Waals surface area contributed by atoms with Crippen molar-refractivity contribution < 1.29 is 47.7 Å². The van der Waals surface area contributed by atoms with Crippen molar-refractivity contribution in [3.05, 3.63) is 0 Å². The van der Waals surface area contributed by atoms with Crippen molar-refractivity contribution in [2.75, 3.05) is 35.5 Å². The molecular formula is C25H42O10. The van der Waals surface area contributed by atoms with Crippen molar-refractivity contribution in [2.24, 2.45) is 23.7 Å². The van der Waals surface area contributed by atoms with E-state index in [9.17, 15) is 24.0 Å². The van der Waals surface area contributed by atoms with Gasteiger partial charge in [0.05, 0.1) is 60.2 Å². The smallest absolute Gasteiger partial charge is 0.309 e. The molecule has 0 spiro atoms. The molecule has 0 heterocycles. The van der Waals surface area contributed by atoms with Gasteiger partial charge in [-0.3, -0.25) is 24.0 Å². The molecule has 202 valence electrons. The summed E-state index contributed by atoms with van der Waals surface area (Å²) in [7, 11) is 6.39. The van der Waals surface area contributed by atoms with Gasteiger partial charge in [-0.15, -0.1) is 0 Å². The number of unbranched alkanes of at least 4 members (excludes halogenated alkanes) is 4. The highest BCUT2D eigenvalue weighted by Gasteiger charge is 2.36. The SMILES string of the molecule is COC(=O)CCCCCCCC(CC(C)C(CC(=O)OC)C(=O)OC)C(CC(=O)OC)C(=O)OC. The first-order chi connectivity index (χ1) is 16.6. The van der Waals surface area contributed by atoms with Crippen LogP contribution in [0.15, 0.2) is 0 Å². The van der Waals surface area contributed by atoms with Crippen LogP contribution < -0.4 is 0 Å². The summed E-state index contributed by atoms with van der Waals surface area (Å²) in [6.07, 6.45) is 5.31. The molecule has 4 atom stereocenters. The van der Waals surface area contributed by atoms with Crippen molar-refractivity contribution in [3.8, 4) is 0 Å². The van der Waals surface area contributed by atoms with Gasteiger partial charge in [-0.05, 0) is 31.1 Å².